The predicted octanol–water partition coefficient (Wildman–Crippen LogP) is 3.91. The Kier molecular flexibility index (Phi) is 5.65. The van der Waals surface area contributed by atoms with Crippen molar-refractivity contribution in [2.24, 2.45) is 10.8 Å². The summed E-state index contributed by atoms with van der Waals surface area (Å²) in [5.41, 5.74) is 2.66. The predicted molar refractivity (Wildman–Crippen MR) is 90.1 cm³/mol. The third-order valence-electron chi connectivity index (χ3n) is 4.18. The Morgan fingerprint density at radius 2 is 1.57 bits per heavy atom. The van der Waals surface area contributed by atoms with Gasteiger partial charge in [0, 0.05) is 24.7 Å². The molecule has 3 heteroatoms. The van der Waals surface area contributed by atoms with Crippen LogP contribution in [0.15, 0.2) is 11.3 Å². The van der Waals surface area contributed by atoms with Gasteiger partial charge in [-0.25, -0.2) is 0 Å². The van der Waals surface area contributed by atoms with Crippen LogP contribution in [-0.2, 0) is 4.79 Å². The monoisotopic (exact) mass is 294 g/mol. The van der Waals surface area contributed by atoms with Crippen LogP contribution in [0.3, 0.4) is 0 Å². The fourth-order valence-corrected chi connectivity index (χ4v) is 3.07. The maximum absolute atomic E-state index is 12.6. The highest BCUT2D eigenvalue weighted by Crippen LogP contribution is 2.39. The van der Waals surface area contributed by atoms with Gasteiger partial charge in [0.05, 0.1) is 6.54 Å². The van der Waals surface area contributed by atoms with Crippen molar-refractivity contribution < 1.29 is 4.79 Å². The summed E-state index contributed by atoms with van der Waals surface area (Å²) in [6.45, 7) is 18.1. The van der Waals surface area contributed by atoms with E-state index in [0.29, 0.717) is 6.54 Å². The van der Waals surface area contributed by atoms with Crippen LogP contribution in [0, 0.1) is 10.8 Å². The zero-order valence-electron chi connectivity index (χ0n) is 15.3. The van der Waals surface area contributed by atoms with E-state index < -0.39 is 0 Å². The highest BCUT2D eigenvalue weighted by atomic mass is 16.2. The molecule has 122 valence electrons. The summed E-state index contributed by atoms with van der Waals surface area (Å²) in [6.07, 6.45) is 2.32. The molecule has 1 rings (SSSR count). The van der Waals surface area contributed by atoms with Gasteiger partial charge in [-0.3, -0.25) is 9.69 Å². The smallest absolute Gasteiger partial charge is 0.240 e. The molecule has 0 saturated carbocycles. The molecule has 1 aliphatic rings. The molecule has 0 radical (unpaired) electrons. The molecule has 3 nitrogen and oxygen atoms in total. The van der Waals surface area contributed by atoms with Gasteiger partial charge in [-0.1, -0.05) is 54.9 Å². The second-order valence-corrected chi connectivity index (χ2v) is 8.34. The standard InChI is InChI=1S/C18H34N2O/c1-9-10-11-20-12-14(17(2,3)4)16(18(5,6)7)19(8)15(21)13-20/h9-13H2,1-8H3. The normalized spacial score (nSPS) is 19.2. The van der Waals surface area contributed by atoms with Crippen LogP contribution in [0.25, 0.3) is 0 Å². The minimum Gasteiger partial charge on any atom is -0.318 e. The van der Waals surface area contributed by atoms with E-state index in [2.05, 4.69) is 53.4 Å². The molecule has 21 heavy (non-hydrogen) atoms. The molecule has 0 spiro atoms. The first kappa shape index (κ1) is 18.2. The summed E-state index contributed by atoms with van der Waals surface area (Å²) in [4.78, 5) is 16.8. The highest BCUT2D eigenvalue weighted by molar-refractivity contribution is 5.80. The van der Waals surface area contributed by atoms with Crippen molar-refractivity contribution in [3.63, 3.8) is 0 Å². The minimum absolute atomic E-state index is 0.0200. The quantitative estimate of drug-likeness (QED) is 0.788. The Balaban J connectivity index is 3.31. The van der Waals surface area contributed by atoms with E-state index in [4.69, 9.17) is 0 Å². The number of carbonyl (C=O) groups is 1. The lowest BCUT2D eigenvalue weighted by atomic mass is 9.78. The fraction of sp³-hybridized carbons (Fsp3) is 0.833. The molecular formula is C18H34N2O. The number of unbranched alkanes of at least 4 members (excludes halogenated alkanes) is 1. The topological polar surface area (TPSA) is 23.6 Å². The SMILES string of the molecule is CCCCN1CC(=O)N(C)C(C(C)(C)C)=C(C(C)(C)C)C1. The number of nitrogens with zero attached hydrogens (tertiary/aromatic N) is 2. The summed E-state index contributed by atoms with van der Waals surface area (Å²) in [5, 5.41) is 0. The van der Waals surface area contributed by atoms with Gasteiger partial charge in [0.15, 0.2) is 0 Å². The second-order valence-electron chi connectivity index (χ2n) is 8.34. The molecule has 0 saturated heterocycles. The molecule has 0 fully saturated rings. The molecule has 0 bridgehead atoms. The van der Waals surface area contributed by atoms with E-state index >= 15 is 0 Å². The van der Waals surface area contributed by atoms with Crippen molar-refractivity contribution in [1.29, 1.82) is 0 Å². The molecule has 1 aliphatic heterocycles. The molecule has 1 heterocycles. The molecular weight excluding hydrogens is 260 g/mol. The first-order valence-electron chi connectivity index (χ1n) is 8.21. The van der Waals surface area contributed by atoms with Gasteiger partial charge in [-0.05, 0) is 24.0 Å². The van der Waals surface area contributed by atoms with Crippen LogP contribution < -0.4 is 0 Å². The number of allylic oxidation sites excluding steroid dienone is 1. The number of rotatable bonds is 3. The summed E-state index contributed by atoms with van der Waals surface area (Å²) in [7, 11) is 1.94. The van der Waals surface area contributed by atoms with Crippen molar-refractivity contribution >= 4 is 5.91 Å². The molecule has 0 N–H and O–H groups in total. The largest absolute Gasteiger partial charge is 0.318 e. The molecule has 0 unspecified atom stereocenters. The van der Waals surface area contributed by atoms with E-state index in [1.165, 1.54) is 17.7 Å². The van der Waals surface area contributed by atoms with Crippen LogP contribution in [0.4, 0.5) is 0 Å². The van der Waals surface area contributed by atoms with Crippen molar-refractivity contribution in [2.75, 3.05) is 26.7 Å². The Morgan fingerprint density at radius 3 is 2.00 bits per heavy atom. The zero-order chi connectivity index (χ0) is 16.4. The zero-order valence-corrected chi connectivity index (χ0v) is 15.3. The molecule has 0 aromatic rings. The molecule has 0 aliphatic carbocycles. The molecule has 0 aromatic carbocycles. The third kappa shape index (κ3) is 4.57. The van der Waals surface area contributed by atoms with Crippen LogP contribution in [0.5, 0.6) is 0 Å². The van der Waals surface area contributed by atoms with Gasteiger partial charge in [-0.2, -0.15) is 0 Å². The van der Waals surface area contributed by atoms with Gasteiger partial charge in [-0.15, -0.1) is 0 Å². The Morgan fingerprint density at radius 1 is 1.00 bits per heavy atom. The minimum atomic E-state index is -0.0200. The summed E-state index contributed by atoms with van der Waals surface area (Å²) < 4.78 is 0. The lowest BCUT2D eigenvalue weighted by molar-refractivity contribution is -0.129. The van der Waals surface area contributed by atoms with Crippen molar-refractivity contribution in [2.45, 2.75) is 61.3 Å². The fourth-order valence-electron chi connectivity index (χ4n) is 3.07. The molecule has 0 atom stereocenters. The Hall–Kier alpha value is -0.830. The number of likely N-dealkylation sites (N-methyl/N-ethyl adjacent to an activating group) is 1. The first-order valence-corrected chi connectivity index (χ1v) is 8.21. The third-order valence-corrected chi connectivity index (χ3v) is 4.18. The average molecular weight is 294 g/mol. The van der Waals surface area contributed by atoms with E-state index in [1.807, 2.05) is 11.9 Å². The van der Waals surface area contributed by atoms with Crippen LogP contribution in [-0.4, -0.2) is 42.4 Å². The van der Waals surface area contributed by atoms with Gasteiger partial charge in [0.1, 0.15) is 0 Å². The maximum atomic E-state index is 12.6. The van der Waals surface area contributed by atoms with Gasteiger partial charge in [0.25, 0.3) is 0 Å². The van der Waals surface area contributed by atoms with E-state index in [9.17, 15) is 4.79 Å². The van der Waals surface area contributed by atoms with Crippen molar-refractivity contribution in [3.8, 4) is 0 Å². The summed E-state index contributed by atoms with van der Waals surface area (Å²) >= 11 is 0. The van der Waals surface area contributed by atoms with Gasteiger partial charge < -0.3 is 4.90 Å². The Bertz CT molecular complexity index is 410. The molecule has 0 aromatic heterocycles. The first-order chi connectivity index (χ1) is 9.48. The summed E-state index contributed by atoms with van der Waals surface area (Å²) in [6, 6.07) is 0. The van der Waals surface area contributed by atoms with Crippen molar-refractivity contribution in [3.05, 3.63) is 11.3 Å². The number of carbonyl (C=O) groups excluding carboxylic acids is 1. The average Bonchev–Trinajstić information content (AvgIpc) is 2.43. The lowest BCUT2D eigenvalue weighted by Crippen LogP contribution is -2.37. The van der Waals surface area contributed by atoms with Crippen LogP contribution >= 0.6 is 0 Å². The lowest BCUT2D eigenvalue weighted by Gasteiger charge is -2.36. The maximum Gasteiger partial charge on any atom is 0.240 e. The highest BCUT2D eigenvalue weighted by Gasteiger charge is 2.36. The number of hydrogen-bond donors (Lipinski definition) is 0. The van der Waals surface area contributed by atoms with E-state index in [1.54, 1.807) is 0 Å². The van der Waals surface area contributed by atoms with Crippen LogP contribution in [0.2, 0.25) is 0 Å². The summed E-state index contributed by atoms with van der Waals surface area (Å²) in [5.74, 6) is 0.218. The van der Waals surface area contributed by atoms with E-state index in [-0.39, 0.29) is 16.7 Å². The Labute approximate surface area is 131 Å². The second kappa shape index (κ2) is 6.51. The van der Waals surface area contributed by atoms with Crippen LogP contribution in [0.1, 0.15) is 61.3 Å². The van der Waals surface area contributed by atoms with Gasteiger partial charge >= 0.3 is 0 Å². The molecule has 1 amide bonds. The van der Waals surface area contributed by atoms with Gasteiger partial charge in [0.2, 0.25) is 5.91 Å². The van der Waals surface area contributed by atoms with Crippen molar-refractivity contribution in [1.82, 2.24) is 9.80 Å². The number of hydrogen-bond acceptors (Lipinski definition) is 2. The van der Waals surface area contributed by atoms with E-state index in [0.717, 1.165) is 19.5 Å². The number of amides is 1.